The minimum Gasteiger partial charge on any atom is -0.348 e. The summed E-state index contributed by atoms with van der Waals surface area (Å²) in [6.45, 7) is 4.05. The van der Waals surface area contributed by atoms with Crippen LogP contribution in [0.15, 0.2) is 29.2 Å². The minimum absolute atomic E-state index is 0.149. The first-order valence-electron chi connectivity index (χ1n) is 6.26. The minimum atomic E-state index is 0.149. The van der Waals surface area contributed by atoms with Crippen LogP contribution in [0.1, 0.15) is 18.9 Å². The van der Waals surface area contributed by atoms with Gasteiger partial charge in [0.05, 0.1) is 5.75 Å². The average Bonchev–Trinajstić information content (AvgIpc) is 2.37. The van der Waals surface area contributed by atoms with E-state index in [1.54, 1.807) is 30.8 Å². The number of rotatable bonds is 7. The summed E-state index contributed by atoms with van der Waals surface area (Å²) < 4.78 is 0. The zero-order valence-corrected chi connectivity index (χ0v) is 12.2. The summed E-state index contributed by atoms with van der Waals surface area (Å²) >= 11 is 1.61. The highest BCUT2D eigenvalue weighted by Crippen LogP contribution is 2.22. The summed E-state index contributed by atoms with van der Waals surface area (Å²) in [6.07, 6.45) is 1.13. The molecule has 0 bridgehead atoms. The smallest absolute Gasteiger partial charge is 0.232 e. The molecule has 3 nitrogen and oxygen atoms in total. The predicted molar refractivity (Wildman–Crippen MR) is 77.9 cm³/mol. The van der Waals surface area contributed by atoms with Gasteiger partial charge in [-0.3, -0.25) is 4.79 Å². The molecule has 18 heavy (non-hydrogen) atoms. The lowest BCUT2D eigenvalue weighted by molar-refractivity contribution is -0.125. The fourth-order valence-electron chi connectivity index (χ4n) is 1.46. The first-order chi connectivity index (χ1) is 8.65. The Labute approximate surface area is 114 Å². The lowest BCUT2D eigenvalue weighted by Gasteiger charge is -2.12. The van der Waals surface area contributed by atoms with Crippen molar-refractivity contribution < 1.29 is 4.79 Å². The van der Waals surface area contributed by atoms with Crippen molar-refractivity contribution in [2.24, 2.45) is 0 Å². The summed E-state index contributed by atoms with van der Waals surface area (Å²) in [6, 6.07) is 8.26. The van der Waals surface area contributed by atoms with Gasteiger partial charge in [0.25, 0.3) is 0 Å². The van der Waals surface area contributed by atoms with Gasteiger partial charge in [-0.25, -0.2) is 0 Å². The largest absolute Gasteiger partial charge is 0.348 e. The Bertz CT molecular complexity index is 380. The molecule has 1 aromatic rings. The molecule has 0 aliphatic carbocycles. The van der Waals surface area contributed by atoms with Gasteiger partial charge >= 0.3 is 0 Å². The molecule has 0 fully saturated rings. The monoisotopic (exact) mass is 266 g/mol. The molecule has 0 saturated carbocycles. The molecule has 0 spiro atoms. The SMILES string of the molecule is CCCNCc1ccccc1SCC(=O)N(C)C. The van der Waals surface area contributed by atoms with Gasteiger partial charge in [-0.05, 0) is 24.6 Å². The summed E-state index contributed by atoms with van der Waals surface area (Å²) in [5, 5.41) is 3.39. The molecule has 0 saturated heterocycles. The fourth-order valence-corrected chi connectivity index (χ4v) is 2.50. The Balaban J connectivity index is 2.56. The zero-order valence-electron chi connectivity index (χ0n) is 11.4. The van der Waals surface area contributed by atoms with E-state index in [0.29, 0.717) is 5.75 Å². The molecule has 0 aliphatic rings. The van der Waals surface area contributed by atoms with Crippen LogP contribution in [0.4, 0.5) is 0 Å². The van der Waals surface area contributed by atoms with Crippen LogP contribution in [0.25, 0.3) is 0 Å². The molecular formula is C14H22N2OS. The molecule has 0 aliphatic heterocycles. The van der Waals surface area contributed by atoms with E-state index in [0.717, 1.165) is 19.5 Å². The van der Waals surface area contributed by atoms with Crippen LogP contribution in [0, 0.1) is 0 Å². The first kappa shape index (κ1) is 15.1. The molecule has 0 heterocycles. The summed E-state index contributed by atoms with van der Waals surface area (Å²) in [4.78, 5) is 14.4. The van der Waals surface area contributed by atoms with Crippen molar-refractivity contribution in [3.05, 3.63) is 29.8 Å². The summed E-state index contributed by atoms with van der Waals surface area (Å²) in [7, 11) is 3.58. The molecule has 0 atom stereocenters. The van der Waals surface area contributed by atoms with Crippen LogP contribution >= 0.6 is 11.8 Å². The number of benzene rings is 1. The highest BCUT2D eigenvalue weighted by Gasteiger charge is 2.07. The molecular weight excluding hydrogens is 244 g/mol. The van der Waals surface area contributed by atoms with Crippen LogP contribution in [0.2, 0.25) is 0 Å². The molecule has 1 N–H and O–H groups in total. The van der Waals surface area contributed by atoms with Crippen molar-refractivity contribution in [3.8, 4) is 0 Å². The Kier molecular flexibility index (Phi) is 6.83. The Hall–Kier alpha value is -1.00. The van der Waals surface area contributed by atoms with Gasteiger partial charge in [0.1, 0.15) is 0 Å². The van der Waals surface area contributed by atoms with E-state index in [2.05, 4.69) is 24.4 Å². The Morgan fingerprint density at radius 2 is 2.06 bits per heavy atom. The molecule has 4 heteroatoms. The van der Waals surface area contributed by atoms with Gasteiger partial charge in [0, 0.05) is 25.5 Å². The standard InChI is InChI=1S/C14H22N2OS/c1-4-9-15-10-12-7-5-6-8-13(12)18-11-14(17)16(2)3/h5-8,15H,4,9-11H2,1-3H3. The van der Waals surface area contributed by atoms with Crippen LogP contribution < -0.4 is 5.32 Å². The lowest BCUT2D eigenvalue weighted by Crippen LogP contribution is -2.23. The fraction of sp³-hybridized carbons (Fsp3) is 0.500. The number of nitrogens with zero attached hydrogens (tertiary/aromatic N) is 1. The summed E-state index contributed by atoms with van der Waals surface area (Å²) in [5.41, 5.74) is 1.27. The zero-order chi connectivity index (χ0) is 13.4. The van der Waals surface area contributed by atoms with Gasteiger partial charge in [-0.15, -0.1) is 11.8 Å². The third-order valence-corrected chi connectivity index (χ3v) is 3.67. The number of thioether (sulfide) groups is 1. The Morgan fingerprint density at radius 3 is 2.72 bits per heavy atom. The molecule has 1 amide bonds. The lowest BCUT2D eigenvalue weighted by atomic mass is 10.2. The quantitative estimate of drug-likeness (QED) is 0.607. The van der Waals surface area contributed by atoms with Gasteiger partial charge in [-0.1, -0.05) is 25.1 Å². The highest BCUT2D eigenvalue weighted by atomic mass is 32.2. The van der Waals surface area contributed by atoms with Gasteiger partial charge in [0.15, 0.2) is 0 Å². The van der Waals surface area contributed by atoms with E-state index in [4.69, 9.17) is 0 Å². The Morgan fingerprint density at radius 1 is 1.33 bits per heavy atom. The van der Waals surface area contributed by atoms with Crippen molar-refractivity contribution in [2.45, 2.75) is 24.8 Å². The number of amides is 1. The van der Waals surface area contributed by atoms with Crippen molar-refractivity contribution in [1.82, 2.24) is 10.2 Å². The number of hydrogen-bond acceptors (Lipinski definition) is 3. The number of nitrogens with one attached hydrogen (secondary N) is 1. The van der Waals surface area contributed by atoms with E-state index in [-0.39, 0.29) is 5.91 Å². The number of carbonyl (C=O) groups is 1. The van der Waals surface area contributed by atoms with Crippen molar-refractivity contribution in [3.63, 3.8) is 0 Å². The van der Waals surface area contributed by atoms with E-state index < -0.39 is 0 Å². The second kappa shape index (κ2) is 8.16. The third kappa shape index (κ3) is 5.10. The average molecular weight is 266 g/mol. The maximum atomic E-state index is 11.6. The molecule has 1 rings (SSSR count). The maximum absolute atomic E-state index is 11.6. The highest BCUT2D eigenvalue weighted by molar-refractivity contribution is 8.00. The van der Waals surface area contributed by atoms with Crippen LogP contribution in [0.3, 0.4) is 0 Å². The van der Waals surface area contributed by atoms with E-state index in [1.165, 1.54) is 10.5 Å². The number of hydrogen-bond donors (Lipinski definition) is 1. The first-order valence-corrected chi connectivity index (χ1v) is 7.25. The van der Waals surface area contributed by atoms with Crippen LogP contribution in [-0.2, 0) is 11.3 Å². The predicted octanol–water partition coefficient (Wildman–Crippen LogP) is 2.37. The molecule has 0 aromatic heterocycles. The van der Waals surface area contributed by atoms with Crippen LogP contribution in [-0.4, -0.2) is 37.2 Å². The van der Waals surface area contributed by atoms with Crippen molar-refractivity contribution >= 4 is 17.7 Å². The van der Waals surface area contributed by atoms with Crippen molar-refractivity contribution in [2.75, 3.05) is 26.4 Å². The summed E-state index contributed by atoms with van der Waals surface area (Å²) in [5.74, 6) is 0.647. The van der Waals surface area contributed by atoms with E-state index in [1.807, 2.05) is 12.1 Å². The molecule has 0 radical (unpaired) electrons. The van der Waals surface area contributed by atoms with Gasteiger partial charge in [-0.2, -0.15) is 0 Å². The second-order valence-electron chi connectivity index (χ2n) is 4.36. The second-order valence-corrected chi connectivity index (χ2v) is 5.38. The van der Waals surface area contributed by atoms with Crippen molar-refractivity contribution in [1.29, 1.82) is 0 Å². The normalized spacial score (nSPS) is 10.4. The van der Waals surface area contributed by atoms with E-state index >= 15 is 0 Å². The molecule has 1 aromatic carbocycles. The van der Waals surface area contributed by atoms with E-state index in [9.17, 15) is 4.79 Å². The third-order valence-electron chi connectivity index (χ3n) is 2.56. The van der Waals surface area contributed by atoms with Gasteiger partial charge < -0.3 is 10.2 Å². The molecule has 0 unspecified atom stereocenters. The topological polar surface area (TPSA) is 32.3 Å². The molecule has 100 valence electrons. The van der Waals surface area contributed by atoms with Gasteiger partial charge in [0.2, 0.25) is 5.91 Å². The number of carbonyl (C=O) groups excluding carboxylic acids is 1. The maximum Gasteiger partial charge on any atom is 0.232 e. The van der Waals surface area contributed by atoms with Crippen LogP contribution in [0.5, 0.6) is 0 Å².